The van der Waals surface area contributed by atoms with E-state index in [1.54, 1.807) is 13.2 Å². The molecule has 0 aliphatic carbocycles. The van der Waals surface area contributed by atoms with Crippen LogP contribution >= 0.6 is 11.6 Å². The lowest BCUT2D eigenvalue weighted by atomic mass is 10.1. The quantitative estimate of drug-likeness (QED) is 0.880. The van der Waals surface area contributed by atoms with Crippen LogP contribution in [0.15, 0.2) is 42.5 Å². The zero-order valence-corrected chi connectivity index (χ0v) is 15.9. The first-order valence-electron chi connectivity index (χ1n) is 8.73. The minimum Gasteiger partial charge on any atom is -0.496 e. The summed E-state index contributed by atoms with van der Waals surface area (Å²) in [6.07, 6.45) is 0. The highest BCUT2D eigenvalue weighted by Crippen LogP contribution is 2.21. The Balaban J connectivity index is 1.54. The van der Waals surface area contributed by atoms with Crippen LogP contribution in [0.5, 0.6) is 5.75 Å². The number of rotatable bonds is 4. The molecule has 0 spiro atoms. The third kappa shape index (κ3) is 4.48. The van der Waals surface area contributed by atoms with E-state index < -0.39 is 0 Å². The number of nitrogens with zero attached hydrogens (tertiary/aromatic N) is 2. The van der Waals surface area contributed by atoms with Crippen molar-refractivity contribution in [2.75, 3.05) is 38.6 Å². The van der Waals surface area contributed by atoms with Gasteiger partial charge in [-0.3, -0.25) is 4.90 Å². The maximum Gasteiger partial charge on any atom is 0.321 e. The number of aryl methyl sites for hydroxylation is 1. The second-order valence-corrected chi connectivity index (χ2v) is 6.90. The summed E-state index contributed by atoms with van der Waals surface area (Å²) in [5, 5.41) is 3.65. The molecule has 1 aliphatic heterocycles. The van der Waals surface area contributed by atoms with Crippen molar-refractivity contribution in [1.82, 2.24) is 9.80 Å². The number of urea groups is 1. The number of para-hydroxylation sites is 1. The van der Waals surface area contributed by atoms with Crippen molar-refractivity contribution in [3.05, 3.63) is 58.6 Å². The molecule has 0 radical (unpaired) electrons. The van der Waals surface area contributed by atoms with Gasteiger partial charge in [-0.25, -0.2) is 4.79 Å². The number of halogens is 1. The molecule has 1 aliphatic rings. The molecule has 6 heteroatoms. The molecule has 1 heterocycles. The summed E-state index contributed by atoms with van der Waals surface area (Å²) in [5.74, 6) is 0.908. The SMILES string of the molecule is COc1ccccc1CN1CCN(C(=O)Nc2ccc(Cl)cc2C)CC1. The molecule has 5 nitrogen and oxygen atoms in total. The predicted octanol–water partition coefficient (Wildman–Crippen LogP) is 4.01. The molecule has 0 bridgehead atoms. The van der Waals surface area contributed by atoms with Crippen molar-refractivity contribution >= 4 is 23.3 Å². The molecule has 0 atom stereocenters. The average molecular weight is 374 g/mol. The van der Waals surface area contributed by atoms with Gasteiger partial charge in [-0.1, -0.05) is 29.8 Å². The van der Waals surface area contributed by atoms with E-state index in [1.165, 1.54) is 5.56 Å². The predicted molar refractivity (Wildman–Crippen MR) is 105 cm³/mol. The number of amides is 2. The molecule has 2 amide bonds. The number of piperazine rings is 1. The van der Waals surface area contributed by atoms with Gasteiger partial charge < -0.3 is 15.0 Å². The fraction of sp³-hybridized carbons (Fsp3) is 0.350. The summed E-state index contributed by atoms with van der Waals surface area (Å²) in [5.41, 5.74) is 2.93. The van der Waals surface area contributed by atoms with Crippen molar-refractivity contribution in [2.24, 2.45) is 0 Å². The number of carbonyl (C=O) groups is 1. The molecule has 2 aromatic rings. The van der Waals surface area contributed by atoms with Crippen LogP contribution in [0.25, 0.3) is 0 Å². The Labute approximate surface area is 159 Å². The first-order valence-corrected chi connectivity index (χ1v) is 9.11. The van der Waals surface area contributed by atoms with Crippen molar-refractivity contribution < 1.29 is 9.53 Å². The van der Waals surface area contributed by atoms with Crippen molar-refractivity contribution in [1.29, 1.82) is 0 Å². The summed E-state index contributed by atoms with van der Waals surface area (Å²) in [7, 11) is 1.69. The summed E-state index contributed by atoms with van der Waals surface area (Å²) in [4.78, 5) is 16.7. The van der Waals surface area contributed by atoms with Gasteiger partial charge in [0.2, 0.25) is 0 Å². The highest BCUT2D eigenvalue weighted by Gasteiger charge is 2.22. The smallest absolute Gasteiger partial charge is 0.321 e. The molecule has 0 unspecified atom stereocenters. The van der Waals surface area contributed by atoms with E-state index in [4.69, 9.17) is 16.3 Å². The largest absolute Gasteiger partial charge is 0.496 e. The molecular formula is C20H24ClN3O2. The van der Waals surface area contributed by atoms with Gasteiger partial charge in [0.1, 0.15) is 5.75 Å². The Hall–Kier alpha value is -2.24. The van der Waals surface area contributed by atoms with E-state index in [-0.39, 0.29) is 6.03 Å². The maximum absolute atomic E-state index is 12.5. The van der Waals surface area contributed by atoms with Gasteiger partial charge in [0.15, 0.2) is 0 Å². The fourth-order valence-electron chi connectivity index (χ4n) is 3.15. The Kier molecular flexibility index (Phi) is 6.01. The monoisotopic (exact) mass is 373 g/mol. The summed E-state index contributed by atoms with van der Waals surface area (Å²) < 4.78 is 5.42. The number of hydrogen-bond acceptors (Lipinski definition) is 3. The molecule has 1 fully saturated rings. The van der Waals surface area contributed by atoms with E-state index in [1.807, 2.05) is 42.2 Å². The van der Waals surface area contributed by atoms with Crippen LogP contribution in [-0.2, 0) is 6.54 Å². The lowest BCUT2D eigenvalue weighted by Crippen LogP contribution is -2.49. The lowest BCUT2D eigenvalue weighted by molar-refractivity contribution is 0.142. The van der Waals surface area contributed by atoms with Gasteiger partial charge >= 0.3 is 6.03 Å². The molecule has 138 valence electrons. The lowest BCUT2D eigenvalue weighted by Gasteiger charge is -2.35. The van der Waals surface area contributed by atoms with Crippen LogP contribution in [0.2, 0.25) is 5.02 Å². The molecular weight excluding hydrogens is 350 g/mol. The van der Waals surface area contributed by atoms with Crippen LogP contribution in [0.3, 0.4) is 0 Å². The van der Waals surface area contributed by atoms with Gasteiger partial charge in [0, 0.05) is 49.0 Å². The van der Waals surface area contributed by atoms with Crippen molar-refractivity contribution in [3.63, 3.8) is 0 Å². The van der Waals surface area contributed by atoms with E-state index in [0.29, 0.717) is 18.1 Å². The first kappa shape index (κ1) is 18.5. The van der Waals surface area contributed by atoms with Crippen molar-refractivity contribution in [3.8, 4) is 5.75 Å². The topological polar surface area (TPSA) is 44.8 Å². The molecule has 26 heavy (non-hydrogen) atoms. The molecule has 0 saturated carbocycles. The number of methoxy groups -OCH3 is 1. The van der Waals surface area contributed by atoms with Gasteiger partial charge in [-0.2, -0.15) is 0 Å². The number of nitrogens with one attached hydrogen (secondary N) is 1. The zero-order valence-electron chi connectivity index (χ0n) is 15.2. The van der Waals surface area contributed by atoms with Crippen LogP contribution in [0, 0.1) is 6.92 Å². The summed E-state index contributed by atoms with van der Waals surface area (Å²) in [6, 6.07) is 13.5. The molecule has 1 N–H and O–H groups in total. The van der Waals surface area contributed by atoms with Gasteiger partial charge in [0.05, 0.1) is 7.11 Å². The minimum absolute atomic E-state index is 0.0626. The van der Waals surface area contributed by atoms with Gasteiger partial charge in [0.25, 0.3) is 0 Å². The standard InChI is InChI=1S/C20H24ClN3O2/c1-15-13-17(21)7-8-18(15)22-20(25)24-11-9-23(10-12-24)14-16-5-3-4-6-19(16)26-2/h3-8,13H,9-12,14H2,1-2H3,(H,22,25). The number of ether oxygens (including phenoxy) is 1. The Morgan fingerprint density at radius 2 is 1.88 bits per heavy atom. The molecule has 2 aromatic carbocycles. The summed E-state index contributed by atoms with van der Waals surface area (Å²) in [6.45, 7) is 5.85. The average Bonchev–Trinajstić information content (AvgIpc) is 2.65. The van der Waals surface area contributed by atoms with Gasteiger partial charge in [-0.05, 0) is 36.8 Å². The first-order chi connectivity index (χ1) is 12.6. The second-order valence-electron chi connectivity index (χ2n) is 6.46. The highest BCUT2D eigenvalue weighted by molar-refractivity contribution is 6.30. The zero-order chi connectivity index (χ0) is 18.5. The van der Waals surface area contributed by atoms with Crippen LogP contribution in [0.4, 0.5) is 10.5 Å². The van der Waals surface area contributed by atoms with E-state index in [0.717, 1.165) is 36.6 Å². The fourth-order valence-corrected chi connectivity index (χ4v) is 3.37. The number of carbonyl (C=O) groups excluding carboxylic acids is 1. The van der Waals surface area contributed by atoms with Gasteiger partial charge in [-0.15, -0.1) is 0 Å². The number of hydrogen-bond donors (Lipinski definition) is 1. The van der Waals surface area contributed by atoms with E-state index >= 15 is 0 Å². The second kappa shape index (κ2) is 8.43. The summed E-state index contributed by atoms with van der Waals surface area (Å²) >= 11 is 5.97. The normalized spacial score (nSPS) is 15.0. The van der Waals surface area contributed by atoms with Crippen LogP contribution in [0.1, 0.15) is 11.1 Å². The molecule has 1 saturated heterocycles. The highest BCUT2D eigenvalue weighted by atomic mass is 35.5. The Bertz CT molecular complexity index is 773. The third-order valence-corrected chi connectivity index (χ3v) is 4.91. The van der Waals surface area contributed by atoms with Crippen molar-refractivity contribution in [2.45, 2.75) is 13.5 Å². The number of anilines is 1. The third-order valence-electron chi connectivity index (χ3n) is 4.68. The van der Waals surface area contributed by atoms with Crippen LogP contribution < -0.4 is 10.1 Å². The van der Waals surface area contributed by atoms with E-state index in [9.17, 15) is 4.79 Å². The van der Waals surface area contributed by atoms with Crippen LogP contribution in [-0.4, -0.2) is 49.1 Å². The number of benzene rings is 2. The molecule has 0 aromatic heterocycles. The molecule has 3 rings (SSSR count). The van der Waals surface area contributed by atoms with E-state index in [2.05, 4.69) is 16.3 Å². The maximum atomic E-state index is 12.5. The minimum atomic E-state index is -0.0626. The Morgan fingerprint density at radius 1 is 1.15 bits per heavy atom. The Morgan fingerprint density at radius 3 is 2.58 bits per heavy atom.